The molecular weight excluding hydrogens is 264 g/mol. The van der Waals surface area contributed by atoms with E-state index in [0.717, 1.165) is 11.3 Å². The van der Waals surface area contributed by atoms with E-state index in [1.165, 1.54) is 11.1 Å². The summed E-state index contributed by atoms with van der Waals surface area (Å²) in [7, 11) is 1.23. The number of anilines is 1. The number of carbonyl (C=O) groups excluding carboxylic acids is 1. The number of rotatable bonds is 4. The summed E-state index contributed by atoms with van der Waals surface area (Å²) >= 11 is 0.933. The molecule has 1 heterocycles. The summed E-state index contributed by atoms with van der Waals surface area (Å²) in [6, 6.07) is 0. The van der Waals surface area contributed by atoms with E-state index in [-0.39, 0.29) is 16.7 Å². The lowest BCUT2D eigenvalue weighted by atomic mass is 10.5. The molecule has 0 aliphatic rings. The molecule has 0 atom stereocenters. The van der Waals surface area contributed by atoms with Gasteiger partial charge in [-0.15, -0.1) is 0 Å². The Hall–Kier alpha value is -1.19. The van der Waals surface area contributed by atoms with Crippen molar-refractivity contribution in [2.75, 3.05) is 32.6 Å². The summed E-state index contributed by atoms with van der Waals surface area (Å²) in [4.78, 5) is 18.4. The number of hydrogen-bond acceptors (Lipinski definition) is 6. The van der Waals surface area contributed by atoms with Gasteiger partial charge in [-0.3, -0.25) is 4.79 Å². The Morgan fingerprint density at radius 3 is 2.47 bits per heavy atom. The predicted octanol–water partition coefficient (Wildman–Crippen LogP) is -0.685. The number of primary sulfonamides is 1. The molecule has 0 radical (unpaired) electrons. The lowest BCUT2D eigenvalue weighted by Gasteiger charge is -2.17. The van der Waals surface area contributed by atoms with Gasteiger partial charge in [-0.25, -0.2) is 18.5 Å². The van der Waals surface area contributed by atoms with Gasteiger partial charge in [-0.1, -0.05) is 11.3 Å². The highest BCUT2D eigenvalue weighted by atomic mass is 32.2. The highest BCUT2D eigenvalue weighted by Gasteiger charge is 2.16. The van der Waals surface area contributed by atoms with Crippen molar-refractivity contribution in [3.63, 3.8) is 0 Å². The van der Waals surface area contributed by atoms with E-state index in [4.69, 9.17) is 5.14 Å². The summed E-state index contributed by atoms with van der Waals surface area (Å²) in [5.41, 5.74) is 0. The van der Waals surface area contributed by atoms with E-state index in [1.54, 1.807) is 26.0 Å². The van der Waals surface area contributed by atoms with E-state index in [1.807, 2.05) is 0 Å². The SMILES string of the molecule is CN(C)C(=O)CN(C)c1ncc(S(N)(=O)=O)s1. The first-order chi connectivity index (χ1) is 7.71. The molecule has 0 fully saturated rings. The molecule has 2 N–H and O–H groups in total. The fourth-order valence-electron chi connectivity index (χ4n) is 0.971. The maximum atomic E-state index is 11.4. The molecule has 96 valence electrons. The first-order valence-corrected chi connectivity index (χ1v) is 6.98. The van der Waals surface area contributed by atoms with Gasteiger partial charge in [0.15, 0.2) is 9.34 Å². The third-order valence-electron chi connectivity index (χ3n) is 1.95. The highest BCUT2D eigenvalue weighted by Crippen LogP contribution is 2.24. The first-order valence-electron chi connectivity index (χ1n) is 4.61. The summed E-state index contributed by atoms with van der Waals surface area (Å²) in [6.45, 7) is 0.130. The molecule has 0 spiro atoms. The van der Waals surface area contributed by atoms with Gasteiger partial charge in [0.1, 0.15) is 0 Å². The molecule has 1 rings (SSSR count). The summed E-state index contributed by atoms with van der Waals surface area (Å²) in [5.74, 6) is -0.0974. The molecule has 1 aromatic rings. The van der Waals surface area contributed by atoms with Crippen LogP contribution in [0.15, 0.2) is 10.4 Å². The van der Waals surface area contributed by atoms with Crippen LogP contribution in [-0.4, -0.2) is 51.9 Å². The number of nitrogens with two attached hydrogens (primary N) is 1. The molecule has 0 saturated heterocycles. The second-order valence-electron chi connectivity index (χ2n) is 3.65. The van der Waals surface area contributed by atoms with Crippen LogP contribution >= 0.6 is 11.3 Å². The van der Waals surface area contributed by atoms with Crippen LogP contribution in [0.2, 0.25) is 0 Å². The number of nitrogens with zero attached hydrogens (tertiary/aromatic N) is 3. The Bertz CT molecular complexity index is 509. The van der Waals surface area contributed by atoms with Crippen molar-refractivity contribution in [2.24, 2.45) is 5.14 Å². The first kappa shape index (κ1) is 13.9. The topological polar surface area (TPSA) is 96.6 Å². The Morgan fingerprint density at radius 2 is 2.06 bits per heavy atom. The van der Waals surface area contributed by atoms with Crippen LogP contribution in [0.25, 0.3) is 0 Å². The fourth-order valence-corrected chi connectivity index (χ4v) is 2.47. The highest BCUT2D eigenvalue weighted by molar-refractivity contribution is 7.91. The molecule has 0 unspecified atom stereocenters. The summed E-state index contributed by atoms with van der Waals surface area (Å²) < 4.78 is 22.1. The van der Waals surface area contributed by atoms with E-state index in [0.29, 0.717) is 5.13 Å². The van der Waals surface area contributed by atoms with Gasteiger partial charge < -0.3 is 9.80 Å². The van der Waals surface area contributed by atoms with Gasteiger partial charge in [0.2, 0.25) is 15.9 Å². The maximum Gasteiger partial charge on any atom is 0.249 e. The number of hydrogen-bond donors (Lipinski definition) is 1. The van der Waals surface area contributed by atoms with Crippen LogP contribution in [0.1, 0.15) is 0 Å². The van der Waals surface area contributed by atoms with Crippen LogP contribution in [0.4, 0.5) is 5.13 Å². The van der Waals surface area contributed by atoms with Crippen LogP contribution in [0, 0.1) is 0 Å². The van der Waals surface area contributed by atoms with Gasteiger partial charge in [0.25, 0.3) is 0 Å². The Morgan fingerprint density at radius 1 is 1.47 bits per heavy atom. The molecular formula is C8H14N4O3S2. The quantitative estimate of drug-likeness (QED) is 0.786. The van der Waals surface area contributed by atoms with Crippen molar-refractivity contribution in [2.45, 2.75) is 4.21 Å². The third-order valence-corrected chi connectivity index (χ3v) is 4.47. The smallest absolute Gasteiger partial charge is 0.249 e. The number of thiazole rings is 1. The second kappa shape index (κ2) is 4.98. The van der Waals surface area contributed by atoms with Crippen molar-refractivity contribution in [3.8, 4) is 0 Å². The Balaban J connectivity index is 2.81. The lowest BCUT2D eigenvalue weighted by molar-refractivity contribution is -0.127. The van der Waals surface area contributed by atoms with Gasteiger partial charge in [0, 0.05) is 21.1 Å². The van der Waals surface area contributed by atoms with E-state index >= 15 is 0 Å². The molecule has 7 nitrogen and oxygen atoms in total. The molecule has 0 aliphatic carbocycles. The summed E-state index contributed by atoms with van der Waals surface area (Å²) in [5, 5.41) is 5.40. The lowest BCUT2D eigenvalue weighted by Crippen LogP contribution is -2.34. The van der Waals surface area contributed by atoms with Crippen LogP contribution < -0.4 is 10.0 Å². The number of likely N-dealkylation sites (N-methyl/N-ethyl adjacent to an activating group) is 2. The number of amides is 1. The molecule has 1 amide bonds. The van der Waals surface area contributed by atoms with Crippen LogP contribution in [0.3, 0.4) is 0 Å². The minimum absolute atomic E-state index is 0.0170. The standard InChI is InChI=1S/C8H14N4O3S2/c1-11(2)6(13)5-12(3)8-10-4-7(16-8)17(9,14)15/h4H,5H2,1-3H3,(H2,9,14,15). The minimum atomic E-state index is -3.73. The minimum Gasteiger partial charge on any atom is -0.347 e. The summed E-state index contributed by atoms with van der Waals surface area (Å²) in [6.07, 6.45) is 1.19. The second-order valence-corrected chi connectivity index (χ2v) is 6.45. The molecule has 0 aromatic carbocycles. The monoisotopic (exact) mass is 278 g/mol. The van der Waals surface area contributed by atoms with E-state index in [2.05, 4.69) is 4.98 Å². The largest absolute Gasteiger partial charge is 0.347 e. The zero-order chi connectivity index (χ0) is 13.2. The molecule has 9 heteroatoms. The van der Waals surface area contributed by atoms with Crippen molar-refractivity contribution < 1.29 is 13.2 Å². The van der Waals surface area contributed by atoms with E-state index in [9.17, 15) is 13.2 Å². The van der Waals surface area contributed by atoms with Crippen molar-refractivity contribution in [3.05, 3.63) is 6.20 Å². The van der Waals surface area contributed by atoms with Crippen molar-refractivity contribution in [1.29, 1.82) is 0 Å². The predicted molar refractivity (Wildman–Crippen MR) is 65.5 cm³/mol. The number of carbonyl (C=O) groups is 1. The Kier molecular flexibility index (Phi) is 4.07. The van der Waals surface area contributed by atoms with E-state index < -0.39 is 10.0 Å². The van der Waals surface area contributed by atoms with Gasteiger partial charge in [-0.05, 0) is 0 Å². The molecule has 1 aromatic heterocycles. The average molecular weight is 278 g/mol. The molecule has 0 aliphatic heterocycles. The normalized spacial score (nSPS) is 11.3. The average Bonchev–Trinajstić information content (AvgIpc) is 2.65. The van der Waals surface area contributed by atoms with Gasteiger partial charge >= 0.3 is 0 Å². The Labute approximate surface area is 104 Å². The van der Waals surface area contributed by atoms with Gasteiger partial charge in [-0.2, -0.15) is 0 Å². The zero-order valence-corrected chi connectivity index (χ0v) is 11.4. The number of sulfonamides is 1. The molecule has 0 bridgehead atoms. The van der Waals surface area contributed by atoms with Crippen LogP contribution in [0.5, 0.6) is 0 Å². The third kappa shape index (κ3) is 3.65. The number of aromatic nitrogens is 1. The fraction of sp³-hybridized carbons (Fsp3) is 0.500. The van der Waals surface area contributed by atoms with Crippen molar-refractivity contribution >= 4 is 32.4 Å². The molecule has 0 saturated carbocycles. The van der Waals surface area contributed by atoms with Crippen molar-refractivity contribution in [1.82, 2.24) is 9.88 Å². The van der Waals surface area contributed by atoms with Crippen LogP contribution in [-0.2, 0) is 14.8 Å². The molecule has 17 heavy (non-hydrogen) atoms. The maximum absolute atomic E-state index is 11.4. The zero-order valence-electron chi connectivity index (χ0n) is 9.74. The van der Waals surface area contributed by atoms with Gasteiger partial charge in [0.05, 0.1) is 12.7 Å².